The van der Waals surface area contributed by atoms with Crippen molar-refractivity contribution in [2.24, 2.45) is 0 Å². The predicted molar refractivity (Wildman–Crippen MR) is 74.3 cm³/mol. The number of hydrogen-bond donors (Lipinski definition) is 0. The average molecular weight is 292 g/mol. The fourth-order valence-electron chi connectivity index (χ4n) is 1.59. The van der Waals surface area contributed by atoms with Crippen molar-refractivity contribution in [3.05, 3.63) is 40.9 Å². The number of nitrogens with zero attached hydrogens (tertiary/aromatic N) is 1. The molecule has 90 valence electrons. The molecule has 0 saturated carbocycles. The molecule has 0 saturated heterocycles. The molecule has 0 amide bonds. The van der Waals surface area contributed by atoms with E-state index in [-0.39, 0.29) is 0 Å². The van der Waals surface area contributed by atoms with Gasteiger partial charge in [-0.15, -0.1) is 0 Å². The van der Waals surface area contributed by atoms with E-state index in [9.17, 15) is 0 Å². The fraction of sp³-hybridized carbons (Fsp3) is 0.400. The topological polar surface area (TPSA) is 23.8 Å². The zero-order chi connectivity index (χ0) is 12.3. The number of nitriles is 1. The van der Waals surface area contributed by atoms with Crippen molar-refractivity contribution in [3.63, 3.8) is 0 Å². The fourth-order valence-corrected chi connectivity index (χ4v) is 3.59. The van der Waals surface area contributed by atoms with Gasteiger partial charge in [0.1, 0.15) is 0 Å². The molecule has 0 aliphatic rings. The first-order valence-corrected chi connectivity index (χ1v) is 7.89. The second-order valence-corrected chi connectivity index (χ2v) is 6.48. The molecule has 0 aliphatic heterocycles. The third-order valence-electron chi connectivity index (χ3n) is 2.49. The second kappa shape index (κ2) is 9.05. The Morgan fingerprint density at radius 3 is 2.65 bits per heavy atom. The van der Waals surface area contributed by atoms with Gasteiger partial charge in [-0.05, 0) is 0 Å². The zero-order valence-electron chi connectivity index (χ0n) is 10.4. The molecule has 1 nitrogen and oxygen atoms in total. The van der Waals surface area contributed by atoms with Gasteiger partial charge in [-0.1, -0.05) is 0 Å². The van der Waals surface area contributed by atoms with Gasteiger partial charge in [0.05, 0.1) is 0 Å². The van der Waals surface area contributed by atoms with Crippen molar-refractivity contribution < 1.29 is 0 Å². The van der Waals surface area contributed by atoms with Gasteiger partial charge in [0.25, 0.3) is 0 Å². The van der Waals surface area contributed by atoms with E-state index in [0.29, 0.717) is 15.0 Å². The van der Waals surface area contributed by atoms with Crippen LogP contribution in [0.15, 0.2) is 40.9 Å². The molecule has 2 heteroatoms. The molecule has 1 aromatic carbocycles. The minimum absolute atomic E-state index is 0.323. The summed E-state index contributed by atoms with van der Waals surface area (Å²) >= 11 is 0.323. The van der Waals surface area contributed by atoms with Crippen LogP contribution in [0.3, 0.4) is 0 Å². The van der Waals surface area contributed by atoms with Crippen molar-refractivity contribution in [3.8, 4) is 6.07 Å². The first-order chi connectivity index (χ1) is 8.36. The molecule has 0 spiro atoms. The molecule has 1 aromatic rings. The summed E-state index contributed by atoms with van der Waals surface area (Å²) in [5.74, 6) is 0. The Hall–Kier alpha value is -1.03. The van der Waals surface area contributed by atoms with Crippen LogP contribution in [0, 0.1) is 11.3 Å². The van der Waals surface area contributed by atoms with E-state index >= 15 is 0 Å². The normalized spacial score (nSPS) is 11.2. The van der Waals surface area contributed by atoms with Crippen LogP contribution in [-0.2, 0) is 0 Å². The first kappa shape index (κ1) is 14.0. The molecule has 0 N–H and O–H groups in total. The quantitative estimate of drug-likeness (QED) is 0.429. The molecule has 0 aromatic heterocycles. The molecule has 0 aliphatic carbocycles. The van der Waals surface area contributed by atoms with E-state index in [1.165, 1.54) is 34.6 Å². The Kier molecular flexibility index (Phi) is 7.47. The van der Waals surface area contributed by atoms with Gasteiger partial charge in [0.2, 0.25) is 0 Å². The van der Waals surface area contributed by atoms with Crippen molar-refractivity contribution >= 4 is 19.4 Å². The Labute approximate surface area is 111 Å². The molecular formula is C15H19NSe. The van der Waals surface area contributed by atoms with Gasteiger partial charge in [-0.25, -0.2) is 0 Å². The molecule has 17 heavy (non-hydrogen) atoms. The Morgan fingerprint density at radius 1 is 1.24 bits per heavy atom. The molecule has 0 fully saturated rings. The monoisotopic (exact) mass is 293 g/mol. The number of unbranched alkanes of at least 4 members (excludes halogenated alkanes) is 3. The van der Waals surface area contributed by atoms with Gasteiger partial charge >= 0.3 is 111 Å². The molecule has 0 radical (unpaired) electrons. The van der Waals surface area contributed by atoms with E-state index in [0.717, 1.165) is 6.42 Å². The zero-order valence-corrected chi connectivity index (χ0v) is 12.1. The first-order valence-electron chi connectivity index (χ1n) is 6.18. The average Bonchev–Trinajstić information content (AvgIpc) is 2.36. The summed E-state index contributed by atoms with van der Waals surface area (Å²) in [6, 6.07) is 12.7. The molecule has 1 rings (SSSR count). The van der Waals surface area contributed by atoms with E-state index in [2.05, 4.69) is 37.3 Å². The van der Waals surface area contributed by atoms with Crippen LogP contribution in [-0.4, -0.2) is 15.0 Å². The summed E-state index contributed by atoms with van der Waals surface area (Å²) in [5, 5.41) is 8.80. The Balaban J connectivity index is 2.45. The van der Waals surface area contributed by atoms with Crippen LogP contribution >= 0.6 is 0 Å². The third kappa shape index (κ3) is 6.31. The van der Waals surface area contributed by atoms with Gasteiger partial charge in [0, 0.05) is 0 Å². The Bertz CT molecular complexity index is 376. The SMILES string of the molecule is CCCCCC/C(=C\C#N)[Se]c1ccccc1. The molecular weight excluding hydrogens is 273 g/mol. The van der Waals surface area contributed by atoms with E-state index < -0.39 is 0 Å². The summed E-state index contributed by atoms with van der Waals surface area (Å²) in [6.45, 7) is 2.22. The summed E-state index contributed by atoms with van der Waals surface area (Å²) in [7, 11) is 0. The third-order valence-corrected chi connectivity index (χ3v) is 4.79. The van der Waals surface area contributed by atoms with Gasteiger partial charge in [-0.2, -0.15) is 0 Å². The van der Waals surface area contributed by atoms with Crippen molar-refractivity contribution in [1.29, 1.82) is 5.26 Å². The number of benzene rings is 1. The standard InChI is InChI=1S/C15H19NSe/c1-2-3-4-6-11-15(12-13-16)17-14-9-7-5-8-10-14/h5,7-10,12H,2-4,6,11H2,1H3/b15-12+. The van der Waals surface area contributed by atoms with Crippen LogP contribution in [0.4, 0.5) is 0 Å². The minimum atomic E-state index is 0.323. The van der Waals surface area contributed by atoms with E-state index in [1.807, 2.05) is 6.07 Å². The van der Waals surface area contributed by atoms with E-state index in [4.69, 9.17) is 5.26 Å². The summed E-state index contributed by atoms with van der Waals surface area (Å²) in [5.41, 5.74) is 0. The van der Waals surface area contributed by atoms with Crippen molar-refractivity contribution in [1.82, 2.24) is 0 Å². The molecule has 0 atom stereocenters. The second-order valence-electron chi connectivity index (χ2n) is 3.97. The molecule has 0 bridgehead atoms. The summed E-state index contributed by atoms with van der Waals surface area (Å²) < 4.78 is 2.68. The van der Waals surface area contributed by atoms with Crippen LogP contribution < -0.4 is 4.46 Å². The summed E-state index contributed by atoms with van der Waals surface area (Å²) in [4.78, 5) is 0. The van der Waals surface area contributed by atoms with Crippen molar-refractivity contribution in [2.45, 2.75) is 39.0 Å². The summed E-state index contributed by atoms with van der Waals surface area (Å²) in [6.07, 6.45) is 7.90. The number of rotatable bonds is 7. The predicted octanol–water partition coefficient (Wildman–Crippen LogP) is 3.39. The van der Waals surface area contributed by atoms with Crippen LogP contribution in [0.25, 0.3) is 0 Å². The van der Waals surface area contributed by atoms with E-state index in [1.54, 1.807) is 6.08 Å². The maximum atomic E-state index is 8.80. The Morgan fingerprint density at radius 2 is 2.00 bits per heavy atom. The van der Waals surface area contributed by atoms with Gasteiger partial charge in [0.15, 0.2) is 0 Å². The van der Waals surface area contributed by atoms with Gasteiger partial charge in [-0.3, -0.25) is 0 Å². The van der Waals surface area contributed by atoms with Crippen LogP contribution in [0.1, 0.15) is 39.0 Å². The van der Waals surface area contributed by atoms with Gasteiger partial charge < -0.3 is 0 Å². The molecule has 0 heterocycles. The van der Waals surface area contributed by atoms with Crippen LogP contribution in [0.2, 0.25) is 0 Å². The van der Waals surface area contributed by atoms with Crippen molar-refractivity contribution in [2.75, 3.05) is 0 Å². The number of hydrogen-bond acceptors (Lipinski definition) is 1. The number of allylic oxidation sites excluding steroid dienone is 2. The molecule has 0 unspecified atom stereocenters. The van der Waals surface area contributed by atoms with Crippen LogP contribution in [0.5, 0.6) is 0 Å². The maximum absolute atomic E-state index is 8.80.